The molecule has 1 aromatic heterocycles. The summed E-state index contributed by atoms with van der Waals surface area (Å²) in [4.78, 5) is 0. The molecule has 0 saturated heterocycles. The fourth-order valence-electron chi connectivity index (χ4n) is 1.95. The molecule has 0 amide bonds. The second-order valence-corrected chi connectivity index (χ2v) is 6.29. The third-order valence-corrected chi connectivity index (χ3v) is 3.44. The molecule has 20 heavy (non-hydrogen) atoms. The zero-order valence-corrected chi connectivity index (χ0v) is 12.3. The molecule has 0 saturated carbocycles. The predicted octanol–water partition coefficient (Wildman–Crippen LogP) is 3.21. The Morgan fingerprint density at radius 3 is 2.40 bits per heavy atom. The van der Waals surface area contributed by atoms with Crippen molar-refractivity contribution in [3.05, 3.63) is 48.4 Å². The number of para-hydroxylation sites is 2. The minimum Gasteiger partial charge on any atom is -0.467 e. The normalized spacial score (nSPS) is 12.9. The molecule has 2 N–H and O–H groups in total. The number of nitrogens with one attached hydrogen (secondary N) is 2. The lowest BCUT2D eigenvalue weighted by Crippen LogP contribution is -2.14. The molecule has 0 radical (unpaired) electrons. The molecule has 0 aliphatic heterocycles. The van der Waals surface area contributed by atoms with Gasteiger partial charge in [-0.3, -0.25) is 4.72 Å². The van der Waals surface area contributed by atoms with Crippen LogP contribution in [0.4, 0.5) is 11.4 Å². The lowest BCUT2D eigenvalue weighted by Gasteiger charge is -2.19. The van der Waals surface area contributed by atoms with Crippen molar-refractivity contribution in [1.29, 1.82) is 0 Å². The van der Waals surface area contributed by atoms with Gasteiger partial charge in [0, 0.05) is 0 Å². The first kappa shape index (κ1) is 14.5. The van der Waals surface area contributed by atoms with Crippen molar-refractivity contribution >= 4 is 21.4 Å². The van der Waals surface area contributed by atoms with E-state index in [2.05, 4.69) is 10.0 Å². The topological polar surface area (TPSA) is 71.3 Å². The Balaban J connectivity index is 2.24. The lowest BCUT2D eigenvalue weighted by molar-refractivity contribution is 0.474. The number of hydrogen-bond donors (Lipinski definition) is 2. The fourth-order valence-corrected chi connectivity index (χ4v) is 2.53. The minimum absolute atomic E-state index is 0.00693. The summed E-state index contributed by atoms with van der Waals surface area (Å²) in [7, 11) is -3.31. The predicted molar refractivity (Wildman–Crippen MR) is 80.3 cm³/mol. The van der Waals surface area contributed by atoms with Crippen molar-refractivity contribution in [2.45, 2.75) is 19.4 Å². The Kier molecular flexibility index (Phi) is 4.34. The summed E-state index contributed by atoms with van der Waals surface area (Å²) in [5, 5.41) is 3.30. The summed E-state index contributed by atoms with van der Waals surface area (Å²) in [6.45, 7) is 2.03. The second-order valence-electron chi connectivity index (χ2n) is 4.54. The molecular weight excluding hydrogens is 276 g/mol. The smallest absolute Gasteiger partial charge is 0.229 e. The van der Waals surface area contributed by atoms with Crippen molar-refractivity contribution in [3.8, 4) is 0 Å². The van der Waals surface area contributed by atoms with Crippen molar-refractivity contribution in [2.75, 3.05) is 16.3 Å². The Hall–Kier alpha value is -1.95. The number of furan rings is 1. The quantitative estimate of drug-likeness (QED) is 0.858. The van der Waals surface area contributed by atoms with Crippen LogP contribution in [0.25, 0.3) is 0 Å². The minimum atomic E-state index is -3.31. The van der Waals surface area contributed by atoms with Crippen LogP contribution in [0, 0.1) is 0 Å². The number of sulfonamides is 1. The third kappa shape index (κ3) is 3.77. The maximum Gasteiger partial charge on any atom is 0.229 e. The Morgan fingerprint density at radius 2 is 1.85 bits per heavy atom. The van der Waals surface area contributed by atoms with Gasteiger partial charge in [0.2, 0.25) is 10.0 Å². The van der Waals surface area contributed by atoms with Crippen LogP contribution in [-0.2, 0) is 10.0 Å². The molecule has 0 bridgehead atoms. The van der Waals surface area contributed by atoms with E-state index in [1.54, 1.807) is 18.4 Å². The largest absolute Gasteiger partial charge is 0.467 e. The molecule has 2 rings (SSSR count). The highest BCUT2D eigenvalue weighted by Crippen LogP contribution is 2.28. The van der Waals surface area contributed by atoms with E-state index in [1.165, 1.54) is 0 Å². The first-order valence-corrected chi connectivity index (χ1v) is 8.25. The van der Waals surface area contributed by atoms with Crippen molar-refractivity contribution in [2.24, 2.45) is 0 Å². The van der Waals surface area contributed by atoms with E-state index in [0.717, 1.165) is 24.1 Å². The van der Waals surface area contributed by atoms with Gasteiger partial charge in [0.1, 0.15) is 5.76 Å². The van der Waals surface area contributed by atoms with Gasteiger partial charge in [-0.2, -0.15) is 0 Å². The van der Waals surface area contributed by atoms with E-state index in [0.29, 0.717) is 5.69 Å². The molecule has 108 valence electrons. The van der Waals surface area contributed by atoms with E-state index in [-0.39, 0.29) is 6.04 Å². The standard InChI is InChI=1S/C14H18N2O3S/c1-3-11(14-9-6-10-19-14)15-12-7-4-5-8-13(12)16-20(2,17)18/h4-11,15-16H,3H2,1-2H3. The first-order chi connectivity index (χ1) is 9.49. The zero-order valence-electron chi connectivity index (χ0n) is 11.5. The summed E-state index contributed by atoms with van der Waals surface area (Å²) < 4.78 is 30.7. The average Bonchev–Trinajstić information content (AvgIpc) is 2.89. The number of hydrogen-bond acceptors (Lipinski definition) is 4. The highest BCUT2D eigenvalue weighted by Gasteiger charge is 2.14. The van der Waals surface area contributed by atoms with Gasteiger partial charge in [-0.15, -0.1) is 0 Å². The van der Waals surface area contributed by atoms with Crippen LogP contribution in [0.15, 0.2) is 47.1 Å². The number of benzene rings is 1. The van der Waals surface area contributed by atoms with Crippen molar-refractivity contribution in [3.63, 3.8) is 0 Å². The van der Waals surface area contributed by atoms with Gasteiger partial charge in [-0.05, 0) is 30.7 Å². The molecule has 0 aliphatic carbocycles. The van der Waals surface area contributed by atoms with Gasteiger partial charge in [-0.1, -0.05) is 19.1 Å². The van der Waals surface area contributed by atoms with Crippen LogP contribution in [-0.4, -0.2) is 14.7 Å². The fraction of sp³-hybridized carbons (Fsp3) is 0.286. The molecule has 5 nitrogen and oxygen atoms in total. The van der Waals surface area contributed by atoms with Crippen LogP contribution in [0.3, 0.4) is 0 Å². The van der Waals surface area contributed by atoms with Crippen LogP contribution >= 0.6 is 0 Å². The molecule has 1 aromatic carbocycles. The van der Waals surface area contributed by atoms with Gasteiger partial charge in [0.05, 0.1) is 29.9 Å². The highest BCUT2D eigenvalue weighted by molar-refractivity contribution is 7.92. The van der Waals surface area contributed by atoms with E-state index in [9.17, 15) is 8.42 Å². The van der Waals surface area contributed by atoms with Gasteiger partial charge < -0.3 is 9.73 Å². The highest BCUT2D eigenvalue weighted by atomic mass is 32.2. The molecule has 0 fully saturated rings. The number of anilines is 2. The molecule has 1 atom stereocenters. The van der Waals surface area contributed by atoms with Gasteiger partial charge in [0.15, 0.2) is 0 Å². The van der Waals surface area contributed by atoms with E-state index >= 15 is 0 Å². The monoisotopic (exact) mass is 294 g/mol. The van der Waals surface area contributed by atoms with E-state index in [4.69, 9.17) is 4.42 Å². The molecule has 1 heterocycles. The third-order valence-electron chi connectivity index (χ3n) is 2.85. The van der Waals surface area contributed by atoms with Gasteiger partial charge in [0.25, 0.3) is 0 Å². The lowest BCUT2D eigenvalue weighted by atomic mass is 10.1. The maximum absolute atomic E-state index is 11.4. The molecule has 0 aliphatic rings. The zero-order chi connectivity index (χ0) is 14.6. The van der Waals surface area contributed by atoms with Crippen LogP contribution in [0.5, 0.6) is 0 Å². The molecular formula is C14H18N2O3S. The van der Waals surface area contributed by atoms with E-state index < -0.39 is 10.0 Å². The summed E-state index contributed by atoms with van der Waals surface area (Å²) >= 11 is 0. The van der Waals surface area contributed by atoms with Crippen molar-refractivity contribution in [1.82, 2.24) is 0 Å². The second kappa shape index (κ2) is 6.00. The Labute approximate surface area is 119 Å². The summed E-state index contributed by atoms with van der Waals surface area (Å²) in [5.74, 6) is 0.821. The summed E-state index contributed by atoms with van der Waals surface area (Å²) in [6, 6.07) is 10.9. The first-order valence-electron chi connectivity index (χ1n) is 6.36. The molecule has 2 aromatic rings. The summed E-state index contributed by atoms with van der Waals surface area (Å²) in [6.07, 6.45) is 3.58. The Bertz CT molecular complexity index is 651. The average molecular weight is 294 g/mol. The molecule has 0 spiro atoms. The molecule has 6 heteroatoms. The SMILES string of the molecule is CCC(Nc1ccccc1NS(C)(=O)=O)c1ccco1. The maximum atomic E-state index is 11.4. The van der Waals surface area contributed by atoms with Gasteiger partial charge >= 0.3 is 0 Å². The Morgan fingerprint density at radius 1 is 1.15 bits per heavy atom. The van der Waals surface area contributed by atoms with Crippen LogP contribution in [0.1, 0.15) is 25.1 Å². The summed E-state index contributed by atoms with van der Waals surface area (Å²) in [5.41, 5.74) is 1.25. The number of rotatable bonds is 6. The van der Waals surface area contributed by atoms with Crippen LogP contribution < -0.4 is 10.0 Å². The van der Waals surface area contributed by atoms with E-state index in [1.807, 2.05) is 31.2 Å². The van der Waals surface area contributed by atoms with Crippen molar-refractivity contribution < 1.29 is 12.8 Å². The van der Waals surface area contributed by atoms with Crippen LogP contribution in [0.2, 0.25) is 0 Å². The molecule has 1 unspecified atom stereocenters. The van der Waals surface area contributed by atoms with Gasteiger partial charge in [-0.25, -0.2) is 8.42 Å².